The van der Waals surface area contributed by atoms with E-state index in [9.17, 15) is 14.7 Å². The Morgan fingerprint density at radius 3 is 2.55 bits per heavy atom. The Labute approximate surface area is 166 Å². The van der Waals surface area contributed by atoms with Gasteiger partial charge < -0.3 is 18.8 Å². The van der Waals surface area contributed by atoms with Crippen LogP contribution in [0.2, 0.25) is 0 Å². The lowest BCUT2D eigenvalue weighted by atomic mass is 9.94. The number of furan rings is 1. The lowest BCUT2D eigenvalue weighted by Gasteiger charge is -2.25. The summed E-state index contributed by atoms with van der Waals surface area (Å²) in [5, 5.41) is 14.6. The molecule has 148 valence electrons. The maximum atomic E-state index is 13.2. The van der Waals surface area contributed by atoms with Crippen LogP contribution in [-0.4, -0.2) is 29.1 Å². The summed E-state index contributed by atoms with van der Waals surface area (Å²) in [4.78, 5) is 27.4. The number of nitrogens with zero attached hydrogens (tertiary/aromatic N) is 2. The zero-order valence-corrected chi connectivity index (χ0v) is 16.0. The number of hydrogen-bond acceptors (Lipinski definition) is 7. The Hall–Kier alpha value is -3.81. The van der Waals surface area contributed by atoms with Crippen LogP contribution in [0.25, 0.3) is 0 Å². The predicted octanol–water partition coefficient (Wildman–Crippen LogP) is 3.68. The smallest absolute Gasteiger partial charge is 0.295 e. The monoisotopic (exact) mass is 394 g/mol. The van der Waals surface area contributed by atoms with E-state index >= 15 is 0 Å². The summed E-state index contributed by atoms with van der Waals surface area (Å²) >= 11 is 0. The first-order chi connectivity index (χ1) is 13.9. The topological polar surface area (TPSA) is 106 Å². The van der Waals surface area contributed by atoms with Gasteiger partial charge in [-0.2, -0.15) is 0 Å². The summed E-state index contributed by atoms with van der Waals surface area (Å²) in [6, 6.07) is 10.7. The van der Waals surface area contributed by atoms with Gasteiger partial charge in [-0.25, -0.2) is 0 Å². The number of aliphatic hydroxyl groups excluding tert-OH is 1. The van der Waals surface area contributed by atoms with Gasteiger partial charge in [0, 0.05) is 11.6 Å². The number of aromatic nitrogens is 1. The largest absolute Gasteiger partial charge is 0.503 e. The highest BCUT2D eigenvalue weighted by Gasteiger charge is 2.47. The minimum absolute atomic E-state index is 0.0231. The van der Waals surface area contributed by atoms with Gasteiger partial charge in [0.05, 0.1) is 12.7 Å². The third-order valence-corrected chi connectivity index (χ3v) is 4.71. The van der Waals surface area contributed by atoms with Gasteiger partial charge in [-0.15, -0.1) is 0 Å². The molecule has 8 heteroatoms. The van der Waals surface area contributed by atoms with Crippen molar-refractivity contribution in [1.29, 1.82) is 0 Å². The van der Waals surface area contributed by atoms with Crippen molar-refractivity contribution in [2.45, 2.75) is 19.9 Å². The number of carbonyl (C=O) groups excluding carboxylic acids is 2. The lowest BCUT2D eigenvalue weighted by Crippen LogP contribution is -2.31. The number of ketones is 1. The second kappa shape index (κ2) is 6.97. The van der Waals surface area contributed by atoms with Gasteiger partial charge in [-0.1, -0.05) is 23.4 Å². The molecule has 4 rings (SSSR count). The average Bonchev–Trinajstić information content (AvgIpc) is 3.40. The van der Waals surface area contributed by atoms with Crippen LogP contribution in [0.15, 0.2) is 62.7 Å². The zero-order valence-electron chi connectivity index (χ0n) is 16.0. The third kappa shape index (κ3) is 2.98. The fraction of sp³-hybridized carbons (Fsp3) is 0.190. The van der Waals surface area contributed by atoms with Crippen LogP contribution in [0, 0.1) is 13.8 Å². The van der Waals surface area contributed by atoms with Gasteiger partial charge in [0.15, 0.2) is 17.3 Å². The molecule has 1 aliphatic rings. The highest BCUT2D eigenvalue weighted by atomic mass is 16.5. The summed E-state index contributed by atoms with van der Waals surface area (Å²) < 4.78 is 16.0. The number of carbonyl (C=O) groups is 2. The molecule has 29 heavy (non-hydrogen) atoms. The van der Waals surface area contributed by atoms with Crippen LogP contribution in [0.4, 0.5) is 5.82 Å². The van der Waals surface area contributed by atoms with E-state index in [-0.39, 0.29) is 17.2 Å². The van der Waals surface area contributed by atoms with E-state index in [0.29, 0.717) is 22.8 Å². The normalized spacial score (nSPS) is 16.6. The van der Waals surface area contributed by atoms with E-state index in [2.05, 4.69) is 5.16 Å². The van der Waals surface area contributed by atoms with Crippen LogP contribution >= 0.6 is 0 Å². The van der Waals surface area contributed by atoms with E-state index in [0.717, 1.165) is 0 Å². The first-order valence-electron chi connectivity index (χ1n) is 8.86. The molecule has 1 amide bonds. The van der Waals surface area contributed by atoms with Crippen LogP contribution in [0.5, 0.6) is 5.75 Å². The van der Waals surface area contributed by atoms with Crippen molar-refractivity contribution in [3.8, 4) is 5.75 Å². The Morgan fingerprint density at radius 1 is 1.17 bits per heavy atom. The van der Waals surface area contributed by atoms with Crippen LogP contribution < -0.4 is 9.64 Å². The Bertz CT molecular complexity index is 1140. The van der Waals surface area contributed by atoms with Gasteiger partial charge in [0.25, 0.3) is 5.91 Å². The standard InChI is InChI=1S/C21H18N2O6/c1-11-8-9-15(28-11)19(24)17-18(13-6-4-5-7-14(13)27-3)23(21(26)20(17)25)16-10-12(2)29-22-16/h4-10,18,25H,1-3H3. The fourth-order valence-electron chi connectivity index (χ4n) is 3.42. The number of amides is 1. The Balaban J connectivity index is 1.91. The molecule has 0 saturated heterocycles. The molecular weight excluding hydrogens is 376 g/mol. The van der Waals surface area contributed by atoms with Crippen molar-refractivity contribution in [1.82, 2.24) is 5.16 Å². The molecule has 1 aromatic carbocycles. The fourth-order valence-corrected chi connectivity index (χ4v) is 3.42. The Morgan fingerprint density at radius 2 is 1.93 bits per heavy atom. The number of aryl methyl sites for hydroxylation is 2. The maximum Gasteiger partial charge on any atom is 0.295 e. The van der Waals surface area contributed by atoms with E-state index < -0.39 is 23.5 Å². The van der Waals surface area contributed by atoms with Gasteiger partial charge in [-0.3, -0.25) is 14.5 Å². The number of para-hydroxylation sites is 1. The molecule has 0 fully saturated rings. The van der Waals surface area contributed by atoms with E-state index in [1.165, 1.54) is 18.1 Å². The maximum absolute atomic E-state index is 13.2. The van der Waals surface area contributed by atoms with Crippen molar-refractivity contribution in [3.63, 3.8) is 0 Å². The van der Waals surface area contributed by atoms with E-state index in [1.807, 2.05) is 0 Å². The number of methoxy groups -OCH3 is 1. The number of benzene rings is 1. The van der Waals surface area contributed by atoms with Gasteiger partial charge in [-0.05, 0) is 32.0 Å². The summed E-state index contributed by atoms with van der Waals surface area (Å²) in [6.45, 7) is 3.38. The molecule has 8 nitrogen and oxygen atoms in total. The summed E-state index contributed by atoms with van der Waals surface area (Å²) in [7, 11) is 1.49. The highest BCUT2D eigenvalue weighted by Crippen LogP contribution is 2.44. The van der Waals surface area contributed by atoms with Crippen LogP contribution in [-0.2, 0) is 4.79 Å². The quantitative estimate of drug-likeness (QED) is 0.658. The molecule has 2 aromatic heterocycles. The number of aliphatic hydroxyl groups is 1. The molecular formula is C21H18N2O6. The van der Waals surface area contributed by atoms with Crippen molar-refractivity contribution in [2.24, 2.45) is 0 Å². The van der Waals surface area contributed by atoms with Gasteiger partial charge in [0.2, 0.25) is 5.78 Å². The minimum atomic E-state index is -0.971. The van der Waals surface area contributed by atoms with Gasteiger partial charge >= 0.3 is 0 Å². The molecule has 0 radical (unpaired) electrons. The molecule has 3 aromatic rings. The van der Waals surface area contributed by atoms with E-state index in [1.54, 1.807) is 50.2 Å². The SMILES string of the molecule is COc1ccccc1C1C(C(=O)c2ccc(C)o2)=C(O)C(=O)N1c1cc(C)on1. The molecule has 1 N–H and O–H groups in total. The molecule has 1 atom stereocenters. The summed E-state index contributed by atoms with van der Waals surface area (Å²) in [5.74, 6) is -0.360. The van der Waals surface area contributed by atoms with Crippen molar-refractivity contribution in [3.05, 3.63) is 76.6 Å². The zero-order chi connectivity index (χ0) is 20.7. The van der Waals surface area contributed by atoms with E-state index in [4.69, 9.17) is 13.7 Å². The predicted molar refractivity (Wildman–Crippen MR) is 102 cm³/mol. The molecule has 0 spiro atoms. The highest BCUT2D eigenvalue weighted by molar-refractivity contribution is 6.20. The van der Waals surface area contributed by atoms with Crippen molar-refractivity contribution in [2.75, 3.05) is 12.0 Å². The number of rotatable bonds is 5. The molecule has 0 aliphatic carbocycles. The number of anilines is 1. The lowest BCUT2D eigenvalue weighted by molar-refractivity contribution is -0.117. The third-order valence-electron chi connectivity index (χ3n) is 4.71. The molecule has 3 heterocycles. The van der Waals surface area contributed by atoms with Crippen molar-refractivity contribution >= 4 is 17.5 Å². The molecule has 1 aliphatic heterocycles. The molecule has 0 bridgehead atoms. The number of ether oxygens (including phenoxy) is 1. The van der Waals surface area contributed by atoms with Gasteiger partial charge in [0.1, 0.15) is 23.3 Å². The van der Waals surface area contributed by atoms with Crippen LogP contribution in [0.1, 0.15) is 33.7 Å². The minimum Gasteiger partial charge on any atom is -0.503 e. The number of hydrogen-bond donors (Lipinski definition) is 1. The summed E-state index contributed by atoms with van der Waals surface area (Å²) in [6.07, 6.45) is 0. The Kier molecular flexibility index (Phi) is 4.46. The second-order valence-electron chi connectivity index (χ2n) is 6.62. The first-order valence-corrected chi connectivity index (χ1v) is 8.86. The average molecular weight is 394 g/mol. The first kappa shape index (κ1) is 18.5. The molecule has 1 unspecified atom stereocenters. The second-order valence-corrected chi connectivity index (χ2v) is 6.62. The molecule has 0 saturated carbocycles. The number of Topliss-reactive ketones (excluding diaryl/α,β-unsaturated/α-hetero) is 1. The van der Waals surface area contributed by atoms with Crippen LogP contribution in [0.3, 0.4) is 0 Å². The van der Waals surface area contributed by atoms with Crippen molar-refractivity contribution < 1.29 is 28.4 Å². The summed E-state index contributed by atoms with van der Waals surface area (Å²) in [5.41, 5.74) is 0.397.